The van der Waals surface area contributed by atoms with E-state index in [0.717, 1.165) is 37.4 Å². The van der Waals surface area contributed by atoms with E-state index in [9.17, 15) is 4.79 Å². The summed E-state index contributed by atoms with van der Waals surface area (Å²) < 4.78 is 0. The van der Waals surface area contributed by atoms with Gasteiger partial charge in [-0.2, -0.15) is 11.3 Å². The minimum atomic E-state index is -0.0305. The van der Waals surface area contributed by atoms with Crippen molar-refractivity contribution in [3.8, 4) is 0 Å². The number of carbonyl (C=O) groups excluding carboxylic acids is 1. The Morgan fingerprint density at radius 3 is 3.04 bits per heavy atom. The number of hydrogen-bond acceptors (Lipinski definition) is 5. The Labute approximate surface area is 140 Å². The topological polar surface area (TPSA) is 61.4 Å². The first-order chi connectivity index (χ1) is 11.2. The molecule has 3 heterocycles. The zero-order valence-electron chi connectivity index (χ0n) is 13.2. The van der Waals surface area contributed by atoms with E-state index in [2.05, 4.69) is 25.6 Å². The van der Waals surface area contributed by atoms with Gasteiger partial charge in [-0.05, 0) is 41.3 Å². The molecular formula is C16H21N5OS. The first-order valence-corrected chi connectivity index (χ1v) is 8.71. The van der Waals surface area contributed by atoms with Gasteiger partial charge in [-0.3, -0.25) is 0 Å². The molecule has 23 heavy (non-hydrogen) atoms. The third-order valence-electron chi connectivity index (χ3n) is 3.93. The third-order valence-corrected chi connectivity index (χ3v) is 4.66. The third kappa shape index (κ3) is 4.19. The predicted molar refractivity (Wildman–Crippen MR) is 91.6 cm³/mol. The van der Waals surface area contributed by atoms with Gasteiger partial charge in [-0.15, -0.1) is 0 Å². The van der Waals surface area contributed by atoms with Crippen molar-refractivity contribution in [2.24, 2.45) is 0 Å². The van der Waals surface area contributed by atoms with E-state index in [0.29, 0.717) is 6.54 Å². The molecule has 0 unspecified atom stereocenters. The Kier molecular flexibility index (Phi) is 5.07. The largest absolute Gasteiger partial charge is 0.339 e. The molecule has 0 radical (unpaired) electrons. The number of amides is 2. The minimum Gasteiger partial charge on any atom is -0.339 e. The van der Waals surface area contributed by atoms with Gasteiger partial charge in [0.15, 0.2) is 0 Å². The van der Waals surface area contributed by atoms with Gasteiger partial charge in [0.05, 0.1) is 0 Å². The summed E-state index contributed by atoms with van der Waals surface area (Å²) in [5, 5.41) is 7.22. The Balaban J connectivity index is 1.54. The zero-order valence-corrected chi connectivity index (χ0v) is 14.0. The Hall–Kier alpha value is -2.15. The van der Waals surface area contributed by atoms with Crippen LogP contribution in [0.1, 0.15) is 18.4 Å². The lowest BCUT2D eigenvalue weighted by atomic mass is 10.1. The average Bonchev–Trinajstić information content (AvgIpc) is 3.09. The van der Waals surface area contributed by atoms with Crippen LogP contribution in [0.3, 0.4) is 0 Å². The standard InChI is InChI=1S/C16H21N5OS/c1-20(10-13-5-9-23-12-13)16(22)19-14-4-2-8-21(11-14)15-17-6-3-7-18-15/h3,5-7,9,12,14H,2,4,8,10-11H2,1H3,(H,19,22)/t14-/m1/s1. The van der Waals surface area contributed by atoms with Gasteiger partial charge in [-0.1, -0.05) is 0 Å². The number of rotatable bonds is 4. The van der Waals surface area contributed by atoms with Gasteiger partial charge in [0.1, 0.15) is 0 Å². The highest BCUT2D eigenvalue weighted by atomic mass is 32.1. The molecule has 122 valence electrons. The van der Waals surface area contributed by atoms with Crippen molar-refractivity contribution in [3.63, 3.8) is 0 Å². The van der Waals surface area contributed by atoms with Gasteiger partial charge in [0.2, 0.25) is 5.95 Å². The van der Waals surface area contributed by atoms with Crippen LogP contribution in [0, 0.1) is 0 Å². The highest BCUT2D eigenvalue weighted by Crippen LogP contribution is 2.15. The Bertz CT molecular complexity index is 619. The van der Waals surface area contributed by atoms with Crippen LogP contribution in [0.5, 0.6) is 0 Å². The number of hydrogen-bond donors (Lipinski definition) is 1. The lowest BCUT2D eigenvalue weighted by Crippen LogP contribution is -2.51. The quantitative estimate of drug-likeness (QED) is 0.934. The molecule has 0 aromatic carbocycles. The first-order valence-electron chi connectivity index (χ1n) is 7.77. The fourth-order valence-electron chi connectivity index (χ4n) is 2.74. The second kappa shape index (κ2) is 7.41. The summed E-state index contributed by atoms with van der Waals surface area (Å²) in [5.74, 6) is 0.734. The van der Waals surface area contributed by atoms with Gasteiger partial charge in [0.25, 0.3) is 0 Å². The van der Waals surface area contributed by atoms with Gasteiger partial charge < -0.3 is 15.1 Å². The molecule has 3 rings (SSSR count). The number of nitrogens with zero attached hydrogens (tertiary/aromatic N) is 4. The molecule has 2 aromatic rings. The highest BCUT2D eigenvalue weighted by molar-refractivity contribution is 7.07. The van der Waals surface area contributed by atoms with Gasteiger partial charge >= 0.3 is 6.03 Å². The van der Waals surface area contributed by atoms with Crippen LogP contribution in [-0.4, -0.2) is 47.1 Å². The normalized spacial score (nSPS) is 17.8. The number of thiophene rings is 1. The summed E-state index contributed by atoms with van der Waals surface area (Å²) >= 11 is 1.65. The van der Waals surface area contributed by atoms with Crippen molar-refractivity contribution in [2.75, 3.05) is 25.0 Å². The molecule has 7 heteroatoms. The number of nitrogens with one attached hydrogen (secondary N) is 1. The van der Waals surface area contributed by atoms with Crippen molar-refractivity contribution in [3.05, 3.63) is 40.8 Å². The van der Waals surface area contributed by atoms with E-state index in [-0.39, 0.29) is 12.1 Å². The molecule has 6 nitrogen and oxygen atoms in total. The Morgan fingerprint density at radius 1 is 1.48 bits per heavy atom. The number of urea groups is 1. The van der Waals surface area contributed by atoms with E-state index in [4.69, 9.17) is 0 Å². The number of carbonyl (C=O) groups is 1. The molecule has 0 spiro atoms. The van der Waals surface area contributed by atoms with E-state index in [1.54, 1.807) is 28.6 Å². The van der Waals surface area contributed by atoms with E-state index >= 15 is 0 Å². The summed E-state index contributed by atoms with van der Waals surface area (Å²) in [6.07, 6.45) is 5.51. The van der Waals surface area contributed by atoms with Crippen molar-refractivity contribution >= 4 is 23.3 Å². The molecule has 1 N–H and O–H groups in total. The summed E-state index contributed by atoms with van der Waals surface area (Å²) in [5.41, 5.74) is 1.16. The molecule has 1 atom stereocenters. The minimum absolute atomic E-state index is 0.0305. The molecule has 2 aromatic heterocycles. The van der Waals surface area contributed by atoms with Crippen LogP contribution < -0.4 is 10.2 Å². The summed E-state index contributed by atoms with van der Waals surface area (Å²) in [7, 11) is 1.83. The fourth-order valence-corrected chi connectivity index (χ4v) is 3.40. The lowest BCUT2D eigenvalue weighted by molar-refractivity contribution is 0.201. The van der Waals surface area contributed by atoms with Crippen molar-refractivity contribution in [1.82, 2.24) is 20.2 Å². The summed E-state index contributed by atoms with van der Waals surface area (Å²) in [4.78, 5) is 24.8. The molecule has 1 aliphatic heterocycles. The Morgan fingerprint density at radius 2 is 2.30 bits per heavy atom. The van der Waals surface area contributed by atoms with Crippen molar-refractivity contribution < 1.29 is 4.79 Å². The van der Waals surface area contributed by atoms with Crippen LogP contribution in [0.4, 0.5) is 10.7 Å². The number of piperidine rings is 1. The zero-order chi connectivity index (χ0) is 16.1. The maximum absolute atomic E-state index is 12.3. The summed E-state index contributed by atoms with van der Waals surface area (Å²) in [6, 6.07) is 3.96. The van der Waals surface area contributed by atoms with Crippen LogP contribution in [0.2, 0.25) is 0 Å². The second-order valence-electron chi connectivity index (χ2n) is 5.77. The smallest absolute Gasteiger partial charge is 0.317 e. The molecular weight excluding hydrogens is 310 g/mol. The molecule has 0 aliphatic carbocycles. The van der Waals surface area contributed by atoms with E-state index < -0.39 is 0 Å². The lowest BCUT2D eigenvalue weighted by Gasteiger charge is -2.34. The maximum atomic E-state index is 12.3. The van der Waals surface area contributed by atoms with E-state index in [1.807, 2.05) is 24.6 Å². The van der Waals surface area contributed by atoms with Crippen molar-refractivity contribution in [2.45, 2.75) is 25.4 Å². The molecule has 0 bridgehead atoms. The molecule has 0 saturated carbocycles. The van der Waals surface area contributed by atoms with Crippen LogP contribution >= 0.6 is 11.3 Å². The summed E-state index contributed by atoms with van der Waals surface area (Å²) in [6.45, 7) is 2.32. The molecule has 1 saturated heterocycles. The molecule has 1 fully saturated rings. The monoisotopic (exact) mass is 331 g/mol. The van der Waals surface area contributed by atoms with E-state index in [1.165, 1.54) is 0 Å². The average molecular weight is 331 g/mol. The number of anilines is 1. The number of aromatic nitrogens is 2. The molecule has 1 aliphatic rings. The van der Waals surface area contributed by atoms with Gasteiger partial charge in [0, 0.05) is 45.1 Å². The fraction of sp³-hybridized carbons (Fsp3) is 0.438. The predicted octanol–water partition coefficient (Wildman–Crippen LogP) is 2.35. The maximum Gasteiger partial charge on any atom is 0.317 e. The van der Waals surface area contributed by atoms with Crippen LogP contribution in [-0.2, 0) is 6.54 Å². The highest BCUT2D eigenvalue weighted by Gasteiger charge is 2.24. The van der Waals surface area contributed by atoms with Crippen molar-refractivity contribution in [1.29, 1.82) is 0 Å². The first kappa shape index (κ1) is 15.7. The second-order valence-corrected chi connectivity index (χ2v) is 6.55. The van der Waals surface area contributed by atoms with Crippen LogP contribution in [0.25, 0.3) is 0 Å². The van der Waals surface area contributed by atoms with Crippen LogP contribution in [0.15, 0.2) is 35.3 Å². The SMILES string of the molecule is CN(Cc1ccsc1)C(=O)N[C@@H]1CCCN(c2ncccn2)C1. The molecule has 2 amide bonds. The van der Waals surface area contributed by atoms with Gasteiger partial charge in [-0.25, -0.2) is 14.8 Å².